The SMILES string of the molecule is CC(Sc1nc2ncc(Cl)cc2[nH]1)C(=O)NCC1CCCCC1. The van der Waals surface area contributed by atoms with Gasteiger partial charge >= 0.3 is 0 Å². The zero-order chi connectivity index (χ0) is 16.2. The normalized spacial score (nSPS) is 17.3. The van der Waals surface area contributed by atoms with E-state index in [0.717, 1.165) is 12.1 Å². The minimum absolute atomic E-state index is 0.0621. The van der Waals surface area contributed by atoms with Gasteiger partial charge in [0.05, 0.1) is 15.8 Å². The number of carbonyl (C=O) groups is 1. The highest BCUT2D eigenvalue weighted by atomic mass is 35.5. The molecule has 1 saturated carbocycles. The Labute approximate surface area is 145 Å². The van der Waals surface area contributed by atoms with Crippen molar-refractivity contribution in [3.8, 4) is 0 Å². The summed E-state index contributed by atoms with van der Waals surface area (Å²) in [5.74, 6) is 0.703. The number of hydrogen-bond donors (Lipinski definition) is 2. The summed E-state index contributed by atoms with van der Waals surface area (Å²) in [5, 5.41) is 4.13. The van der Waals surface area contributed by atoms with Crippen LogP contribution >= 0.6 is 23.4 Å². The van der Waals surface area contributed by atoms with E-state index in [4.69, 9.17) is 11.6 Å². The van der Waals surface area contributed by atoms with Crippen molar-refractivity contribution >= 4 is 40.4 Å². The van der Waals surface area contributed by atoms with Crippen LogP contribution < -0.4 is 5.32 Å². The van der Waals surface area contributed by atoms with E-state index < -0.39 is 0 Å². The van der Waals surface area contributed by atoms with Gasteiger partial charge in [-0.25, -0.2) is 9.97 Å². The van der Waals surface area contributed by atoms with Crippen molar-refractivity contribution in [2.24, 2.45) is 5.92 Å². The molecule has 0 spiro atoms. The summed E-state index contributed by atoms with van der Waals surface area (Å²) in [7, 11) is 0. The molecule has 0 bridgehead atoms. The molecule has 2 heterocycles. The molecular weight excluding hydrogens is 332 g/mol. The quantitative estimate of drug-likeness (QED) is 0.803. The lowest BCUT2D eigenvalue weighted by Crippen LogP contribution is -2.35. The predicted octanol–water partition coefficient (Wildman–Crippen LogP) is 3.79. The molecule has 0 aromatic carbocycles. The average molecular weight is 353 g/mol. The van der Waals surface area contributed by atoms with Gasteiger partial charge < -0.3 is 10.3 Å². The first kappa shape index (κ1) is 16.6. The highest BCUT2D eigenvalue weighted by molar-refractivity contribution is 8.00. The van der Waals surface area contributed by atoms with E-state index in [2.05, 4.69) is 20.3 Å². The van der Waals surface area contributed by atoms with Crippen LogP contribution in [0.1, 0.15) is 39.0 Å². The van der Waals surface area contributed by atoms with Crippen LogP contribution in [-0.4, -0.2) is 32.7 Å². The first-order valence-corrected chi connectivity index (χ1v) is 9.33. The Morgan fingerprint density at radius 2 is 2.26 bits per heavy atom. The number of hydrogen-bond acceptors (Lipinski definition) is 4. The second kappa shape index (κ2) is 7.53. The van der Waals surface area contributed by atoms with Crippen LogP contribution in [0.5, 0.6) is 0 Å². The van der Waals surface area contributed by atoms with Crippen LogP contribution in [0.25, 0.3) is 11.2 Å². The summed E-state index contributed by atoms with van der Waals surface area (Å²) < 4.78 is 0. The number of imidazole rings is 1. The summed E-state index contributed by atoms with van der Waals surface area (Å²) in [6.07, 6.45) is 7.95. The van der Waals surface area contributed by atoms with E-state index in [-0.39, 0.29) is 11.2 Å². The molecule has 0 saturated heterocycles. The highest BCUT2D eigenvalue weighted by Gasteiger charge is 2.19. The molecule has 1 aliphatic carbocycles. The molecule has 3 rings (SSSR count). The third-order valence-corrected chi connectivity index (χ3v) is 5.42. The average Bonchev–Trinajstić information content (AvgIpc) is 2.94. The number of halogens is 1. The molecule has 23 heavy (non-hydrogen) atoms. The summed E-state index contributed by atoms with van der Waals surface area (Å²) in [5.41, 5.74) is 1.40. The van der Waals surface area contributed by atoms with E-state index in [1.165, 1.54) is 43.9 Å². The molecule has 1 unspecified atom stereocenters. The summed E-state index contributed by atoms with van der Waals surface area (Å²) >= 11 is 7.33. The third kappa shape index (κ3) is 4.38. The smallest absolute Gasteiger partial charge is 0.233 e. The molecular formula is C16H21ClN4OS. The van der Waals surface area contributed by atoms with Crippen molar-refractivity contribution in [1.82, 2.24) is 20.3 Å². The number of nitrogens with one attached hydrogen (secondary N) is 2. The lowest BCUT2D eigenvalue weighted by atomic mass is 9.89. The van der Waals surface area contributed by atoms with E-state index >= 15 is 0 Å². The molecule has 1 fully saturated rings. The van der Waals surface area contributed by atoms with Gasteiger partial charge in [-0.3, -0.25) is 4.79 Å². The molecule has 7 heteroatoms. The number of aromatic nitrogens is 3. The van der Waals surface area contributed by atoms with Crippen LogP contribution in [0.4, 0.5) is 0 Å². The molecule has 1 atom stereocenters. The summed E-state index contributed by atoms with van der Waals surface area (Å²) in [6.45, 7) is 2.69. The van der Waals surface area contributed by atoms with Crippen molar-refractivity contribution < 1.29 is 4.79 Å². The van der Waals surface area contributed by atoms with Gasteiger partial charge in [0.15, 0.2) is 10.8 Å². The van der Waals surface area contributed by atoms with Gasteiger partial charge in [-0.1, -0.05) is 42.6 Å². The Bertz CT molecular complexity index is 684. The van der Waals surface area contributed by atoms with Gasteiger partial charge in [0.2, 0.25) is 5.91 Å². The number of carbonyl (C=O) groups excluding carboxylic acids is 1. The monoisotopic (exact) mass is 352 g/mol. The number of rotatable bonds is 5. The maximum absolute atomic E-state index is 12.2. The lowest BCUT2D eigenvalue weighted by molar-refractivity contribution is -0.120. The number of aromatic amines is 1. The Morgan fingerprint density at radius 1 is 1.48 bits per heavy atom. The number of pyridine rings is 1. The van der Waals surface area contributed by atoms with Gasteiger partial charge in [0.1, 0.15) is 0 Å². The second-order valence-electron chi connectivity index (χ2n) is 6.08. The Hall–Kier alpha value is -1.27. The van der Waals surface area contributed by atoms with Crippen molar-refractivity contribution in [3.63, 3.8) is 0 Å². The Balaban J connectivity index is 1.54. The van der Waals surface area contributed by atoms with Gasteiger partial charge in [-0.2, -0.15) is 0 Å². The zero-order valence-corrected chi connectivity index (χ0v) is 14.7. The fourth-order valence-corrected chi connectivity index (χ4v) is 3.90. The second-order valence-corrected chi connectivity index (χ2v) is 7.84. The molecule has 124 valence electrons. The molecule has 2 aromatic heterocycles. The van der Waals surface area contributed by atoms with Crippen LogP contribution in [0.2, 0.25) is 5.02 Å². The lowest BCUT2D eigenvalue weighted by Gasteiger charge is -2.22. The molecule has 0 radical (unpaired) electrons. The first-order chi connectivity index (χ1) is 11.1. The molecule has 5 nitrogen and oxygen atoms in total. The molecule has 1 aliphatic rings. The van der Waals surface area contributed by atoms with E-state index in [9.17, 15) is 4.79 Å². The topological polar surface area (TPSA) is 70.7 Å². The Morgan fingerprint density at radius 3 is 3.04 bits per heavy atom. The number of H-pyrrole nitrogens is 1. The van der Waals surface area contributed by atoms with Crippen LogP contribution in [-0.2, 0) is 4.79 Å². The third-order valence-electron chi connectivity index (χ3n) is 4.23. The highest BCUT2D eigenvalue weighted by Crippen LogP contribution is 2.25. The molecule has 1 amide bonds. The van der Waals surface area contributed by atoms with Crippen molar-refractivity contribution in [2.45, 2.75) is 49.4 Å². The molecule has 2 N–H and O–H groups in total. The minimum atomic E-state index is -0.199. The minimum Gasteiger partial charge on any atom is -0.355 e. The largest absolute Gasteiger partial charge is 0.355 e. The molecule has 2 aromatic rings. The fourth-order valence-electron chi connectivity index (χ4n) is 2.91. The van der Waals surface area contributed by atoms with E-state index in [1.807, 2.05) is 6.92 Å². The fraction of sp³-hybridized carbons (Fsp3) is 0.562. The van der Waals surface area contributed by atoms with Crippen molar-refractivity contribution in [2.75, 3.05) is 6.54 Å². The van der Waals surface area contributed by atoms with Crippen LogP contribution in [0.3, 0.4) is 0 Å². The zero-order valence-electron chi connectivity index (χ0n) is 13.1. The first-order valence-electron chi connectivity index (χ1n) is 8.07. The maximum Gasteiger partial charge on any atom is 0.233 e. The van der Waals surface area contributed by atoms with Gasteiger partial charge in [0.25, 0.3) is 0 Å². The number of amides is 1. The summed E-state index contributed by atoms with van der Waals surface area (Å²) in [4.78, 5) is 23.9. The Kier molecular flexibility index (Phi) is 5.43. The number of fused-ring (bicyclic) bond motifs is 1. The van der Waals surface area contributed by atoms with E-state index in [1.54, 1.807) is 12.3 Å². The number of thioether (sulfide) groups is 1. The number of nitrogens with zero attached hydrogens (tertiary/aromatic N) is 2. The van der Waals surface area contributed by atoms with Crippen molar-refractivity contribution in [3.05, 3.63) is 17.3 Å². The maximum atomic E-state index is 12.2. The van der Waals surface area contributed by atoms with Gasteiger partial charge in [-0.15, -0.1) is 0 Å². The van der Waals surface area contributed by atoms with Crippen LogP contribution in [0, 0.1) is 5.92 Å². The van der Waals surface area contributed by atoms with Gasteiger partial charge in [-0.05, 0) is 31.7 Å². The predicted molar refractivity (Wildman–Crippen MR) is 93.8 cm³/mol. The standard InChI is InChI=1S/C16H21ClN4OS/c1-10(15(22)19-8-11-5-3-2-4-6-11)23-16-20-13-7-12(17)9-18-14(13)21-16/h7,9-11H,2-6,8H2,1H3,(H,19,22)(H,18,20,21). The summed E-state index contributed by atoms with van der Waals surface area (Å²) in [6, 6.07) is 1.79. The van der Waals surface area contributed by atoms with E-state index in [0.29, 0.717) is 21.7 Å². The van der Waals surface area contributed by atoms with Crippen LogP contribution in [0.15, 0.2) is 17.4 Å². The van der Waals surface area contributed by atoms with Crippen molar-refractivity contribution in [1.29, 1.82) is 0 Å². The molecule has 0 aliphatic heterocycles. The van der Waals surface area contributed by atoms with Gasteiger partial charge in [0, 0.05) is 12.7 Å².